The fourth-order valence-electron chi connectivity index (χ4n) is 3.29. The minimum atomic E-state index is -0.504. The van der Waals surface area contributed by atoms with Crippen LogP contribution in [0.3, 0.4) is 0 Å². The molecule has 1 fully saturated rings. The first-order valence-electron chi connectivity index (χ1n) is 8.49. The van der Waals surface area contributed by atoms with Gasteiger partial charge in [-0.1, -0.05) is 0 Å². The molecule has 1 saturated heterocycles. The van der Waals surface area contributed by atoms with Gasteiger partial charge in [0.2, 0.25) is 0 Å². The Morgan fingerprint density at radius 3 is 2.44 bits per heavy atom. The summed E-state index contributed by atoms with van der Waals surface area (Å²) in [6.07, 6.45) is 6.13. The molecule has 0 aliphatic carbocycles. The predicted octanol–water partition coefficient (Wildman–Crippen LogP) is 2.21. The number of rotatable bonds is 4. The summed E-state index contributed by atoms with van der Waals surface area (Å²) in [4.78, 5) is 30.3. The van der Waals surface area contributed by atoms with E-state index in [0.717, 1.165) is 24.9 Å². The molecule has 1 amide bonds. The van der Waals surface area contributed by atoms with E-state index in [-0.39, 0.29) is 24.6 Å². The fraction of sp³-hybridized carbons (Fsp3) is 0.444. The van der Waals surface area contributed by atoms with Crippen molar-refractivity contribution >= 4 is 11.9 Å². The standard InChI is InChI=1S/C18H22N4O3/c1-13-4-3-5-14(2)22(13)17(23)10-25-18(24)15-6-8-16(9-7-15)21-12-19-11-20-21/h6-9,11-14H,3-5,10H2,1-2H3/t13-,14-/m0/s1. The second kappa shape index (κ2) is 7.46. The summed E-state index contributed by atoms with van der Waals surface area (Å²) in [5.41, 5.74) is 1.19. The normalized spacial score (nSPS) is 20.3. The van der Waals surface area contributed by atoms with Gasteiger partial charge < -0.3 is 9.64 Å². The zero-order valence-corrected chi connectivity index (χ0v) is 14.5. The molecule has 7 nitrogen and oxygen atoms in total. The summed E-state index contributed by atoms with van der Waals surface area (Å²) in [6, 6.07) is 7.18. The van der Waals surface area contributed by atoms with Gasteiger partial charge in [-0.3, -0.25) is 4.79 Å². The number of hydrogen-bond donors (Lipinski definition) is 0. The van der Waals surface area contributed by atoms with Gasteiger partial charge in [-0.05, 0) is 57.4 Å². The molecule has 1 aromatic heterocycles. The molecule has 2 atom stereocenters. The maximum Gasteiger partial charge on any atom is 0.338 e. The van der Waals surface area contributed by atoms with E-state index < -0.39 is 5.97 Å². The first-order chi connectivity index (χ1) is 12.1. The number of likely N-dealkylation sites (tertiary alicyclic amines) is 1. The number of aromatic nitrogens is 3. The maximum absolute atomic E-state index is 12.4. The van der Waals surface area contributed by atoms with E-state index in [4.69, 9.17) is 4.74 Å². The molecular weight excluding hydrogens is 320 g/mol. The Kier molecular flexibility index (Phi) is 5.11. The smallest absolute Gasteiger partial charge is 0.338 e. The number of carbonyl (C=O) groups excluding carboxylic acids is 2. The van der Waals surface area contributed by atoms with Crippen LogP contribution in [0, 0.1) is 0 Å². The highest BCUT2D eigenvalue weighted by molar-refractivity contribution is 5.91. The van der Waals surface area contributed by atoms with Crippen molar-refractivity contribution in [2.24, 2.45) is 0 Å². The largest absolute Gasteiger partial charge is 0.452 e. The van der Waals surface area contributed by atoms with E-state index in [1.54, 1.807) is 35.3 Å². The second-order valence-corrected chi connectivity index (χ2v) is 6.39. The highest BCUT2D eigenvalue weighted by Gasteiger charge is 2.29. The van der Waals surface area contributed by atoms with Crippen LogP contribution in [0.2, 0.25) is 0 Å². The molecule has 1 aliphatic rings. The maximum atomic E-state index is 12.4. The van der Waals surface area contributed by atoms with E-state index >= 15 is 0 Å². The van der Waals surface area contributed by atoms with Crippen molar-refractivity contribution in [3.05, 3.63) is 42.5 Å². The van der Waals surface area contributed by atoms with E-state index in [0.29, 0.717) is 5.56 Å². The van der Waals surface area contributed by atoms with Crippen molar-refractivity contribution in [3.8, 4) is 5.69 Å². The van der Waals surface area contributed by atoms with E-state index in [2.05, 4.69) is 10.1 Å². The lowest BCUT2D eigenvalue weighted by molar-refractivity contribution is -0.140. The number of piperidine rings is 1. The van der Waals surface area contributed by atoms with Crippen molar-refractivity contribution in [3.63, 3.8) is 0 Å². The number of esters is 1. The van der Waals surface area contributed by atoms with Gasteiger partial charge in [0.15, 0.2) is 6.61 Å². The lowest BCUT2D eigenvalue weighted by Gasteiger charge is -2.38. The molecule has 25 heavy (non-hydrogen) atoms. The first-order valence-corrected chi connectivity index (χ1v) is 8.49. The van der Waals surface area contributed by atoms with Gasteiger partial charge in [-0.25, -0.2) is 14.5 Å². The van der Waals surface area contributed by atoms with Crippen LogP contribution >= 0.6 is 0 Å². The lowest BCUT2D eigenvalue weighted by Crippen LogP contribution is -2.49. The van der Waals surface area contributed by atoms with Crippen LogP contribution in [0.1, 0.15) is 43.5 Å². The predicted molar refractivity (Wildman–Crippen MR) is 91.3 cm³/mol. The average molecular weight is 342 g/mol. The quantitative estimate of drug-likeness (QED) is 0.796. The van der Waals surface area contributed by atoms with E-state index in [9.17, 15) is 9.59 Å². The van der Waals surface area contributed by atoms with E-state index in [1.807, 2.05) is 18.7 Å². The third-order valence-electron chi connectivity index (χ3n) is 4.59. The van der Waals surface area contributed by atoms with Crippen LogP contribution in [0.5, 0.6) is 0 Å². The molecule has 0 spiro atoms. The summed E-state index contributed by atoms with van der Waals surface area (Å²) in [5.74, 6) is -0.636. The molecule has 0 unspecified atom stereocenters. The second-order valence-electron chi connectivity index (χ2n) is 6.39. The van der Waals surface area contributed by atoms with Crippen molar-refractivity contribution in [1.82, 2.24) is 19.7 Å². The molecule has 0 bridgehead atoms. The first kappa shape index (κ1) is 17.1. The summed E-state index contributed by atoms with van der Waals surface area (Å²) >= 11 is 0. The summed E-state index contributed by atoms with van der Waals surface area (Å²) < 4.78 is 6.80. The van der Waals surface area contributed by atoms with E-state index in [1.165, 1.54) is 6.33 Å². The van der Waals surface area contributed by atoms with Crippen molar-refractivity contribution < 1.29 is 14.3 Å². The Morgan fingerprint density at radius 1 is 1.16 bits per heavy atom. The summed E-state index contributed by atoms with van der Waals surface area (Å²) in [5, 5.41) is 4.03. The minimum Gasteiger partial charge on any atom is -0.452 e. The molecule has 1 aromatic carbocycles. The average Bonchev–Trinajstić information content (AvgIpc) is 3.14. The number of carbonyl (C=O) groups is 2. The van der Waals surface area contributed by atoms with Gasteiger partial charge in [0.1, 0.15) is 12.7 Å². The van der Waals surface area contributed by atoms with Crippen molar-refractivity contribution in [1.29, 1.82) is 0 Å². The molecule has 0 radical (unpaired) electrons. The Morgan fingerprint density at radius 2 is 1.84 bits per heavy atom. The molecule has 0 saturated carbocycles. The zero-order valence-electron chi connectivity index (χ0n) is 14.5. The highest BCUT2D eigenvalue weighted by atomic mass is 16.5. The molecule has 1 aliphatic heterocycles. The van der Waals surface area contributed by atoms with Crippen LogP contribution in [0.4, 0.5) is 0 Å². The highest BCUT2D eigenvalue weighted by Crippen LogP contribution is 2.22. The molecular formula is C18H22N4O3. The van der Waals surface area contributed by atoms with Crippen LogP contribution < -0.4 is 0 Å². The summed E-state index contributed by atoms with van der Waals surface area (Å²) in [6.45, 7) is 3.86. The third-order valence-corrected chi connectivity index (χ3v) is 4.59. The van der Waals surface area contributed by atoms with Gasteiger partial charge in [0.05, 0.1) is 11.3 Å². The Labute approximate surface area is 146 Å². The molecule has 2 aromatic rings. The number of amides is 1. The van der Waals surface area contributed by atoms with Crippen LogP contribution in [0.15, 0.2) is 36.9 Å². The van der Waals surface area contributed by atoms with Gasteiger partial charge in [0, 0.05) is 12.1 Å². The lowest BCUT2D eigenvalue weighted by atomic mass is 9.97. The Balaban J connectivity index is 1.58. The monoisotopic (exact) mass is 342 g/mol. The van der Waals surface area contributed by atoms with Crippen LogP contribution in [-0.4, -0.2) is 50.2 Å². The SMILES string of the molecule is C[C@H]1CCC[C@H](C)N1C(=O)COC(=O)c1ccc(-n2cncn2)cc1. The van der Waals surface area contributed by atoms with Crippen molar-refractivity contribution in [2.45, 2.75) is 45.2 Å². The Hall–Kier alpha value is -2.70. The third kappa shape index (κ3) is 3.87. The number of hydrogen-bond acceptors (Lipinski definition) is 5. The minimum absolute atomic E-state index is 0.132. The molecule has 2 heterocycles. The molecule has 3 rings (SSSR count). The van der Waals surface area contributed by atoms with Gasteiger partial charge >= 0.3 is 5.97 Å². The molecule has 0 N–H and O–H groups in total. The summed E-state index contributed by atoms with van der Waals surface area (Å²) in [7, 11) is 0. The number of nitrogens with zero attached hydrogens (tertiary/aromatic N) is 4. The van der Waals surface area contributed by atoms with Crippen LogP contribution in [0.25, 0.3) is 5.69 Å². The van der Waals surface area contributed by atoms with Crippen LogP contribution in [-0.2, 0) is 9.53 Å². The topological polar surface area (TPSA) is 77.3 Å². The Bertz CT molecular complexity index is 717. The number of ether oxygens (including phenoxy) is 1. The zero-order chi connectivity index (χ0) is 17.8. The fourth-order valence-corrected chi connectivity index (χ4v) is 3.29. The van der Waals surface area contributed by atoms with Gasteiger partial charge in [0.25, 0.3) is 5.91 Å². The number of benzene rings is 1. The van der Waals surface area contributed by atoms with Gasteiger partial charge in [-0.15, -0.1) is 0 Å². The van der Waals surface area contributed by atoms with Crippen molar-refractivity contribution in [2.75, 3.05) is 6.61 Å². The molecule has 132 valence electrons. The van der Waals surface area contributed by atoms with Gasteiger partial charge in [-0.2, -0.15) is 5.10 Å². The molecule has 7 heteroatoms.